The molecule has 0 aliphatic carbocycles. The molecule has 6 heavy (non-hydrogen) atoms. The van der Waals surface area contributed by atoms with E-state index in [1.165, 1.54) is 0 Å². The molecule has 0 rings (SSSR count). The van der Waals surface area contributed by atoms with E-state index in [0.29, 0.717) is 0 Å². The Bertz CT molecular complexity index is 30.5. The van der Waals surface area contributed by atoms with Crippen LogP contribution in [0.4, 0.5) is 4.79 Å². The van der Waals surface area contributed by atoms with Crippen LogP contribution in [-0.4, -0.2) is 21.8 Å². The first-order chi connectivity index (χ1) is 1.73. The summed E-state index contributed by atoms with van der Waals surface area (Å²) in [6.07, 6.45) is -1.83. The van der Waals surface area contributed by atoms with Gasteiger partial charge in [0, 0.05) is 25.8 Å². The van der Waals surface area contributed by atoms with Crippen molar-refractivity contribution >= 4 is 6.16 Å². The number of hydrogen-bond donors (Lipinski definition) is 2. The maximum Gasteiger partial charge on any atom is 0.503 e. The zero-order valence-electron chi connectivity index (χ0n) is 2.88. The molecular weight excluding hydrogens is 121 g/mol. The second-order valence-corrected chi connectivity index (χ2v) is 0.283. The van der Waals surface area contributed by atoms with Crippen molar-refractivity contribution in [3.63, 3.8) is 0 Å². The zero-order valence-corrected chi connectivity index (χ0v) is 4.68. The second kappa shape index (κ2) is 8.92. The van der Waals surface area contributed by atoms with E-state index >= 15 is 0 Å². The molecule has 0 aromatic heterocycles. The minimum absolute atomic E-state index is 0. The standard InChI is InChI=1S/CH2O3.H2O.Sc/c2-1(3)4;;/h(H2,2,3,4);1H2;. The molecule has 0 saturated heterocycles. The van der Waals surface area contributed by atoms with Gasteiger partial charge in [-0.25, -0.2) is 4.79 Å². The summed E-state index contributed by atoms with van der Waals surface area (Å²) >= 11 is 0. The summed E-state index contributed by atoms with van der Waals surface area (Å²) in [5, 5.41) is 13.9. The van der Waals surface area contributed by atoms with Crippen molar-refractivity contribution in [3.05, 3.63) is 0 Å². The molecule has 4 nitrogen and oxygen atoms in total. The molecule has 0 amide bonds. The molecule has 0 bridgehead atoms. The van der Waals surface area contributed by atoms with Gasteiger partial charge in [-0.3, -0.25) is 0 Å². The number of hydrogen-bond acceptors (Lipinski definition) is 1. The first kappa shape index (κ1) is 16.5. The van der Waals surface area contributed by atoms with Crippen LogP contribution < -0.4 is 0 Å². The van der Waals surface area contributed by atoms with Crippen molar-refractivity contribution in [2.24, 2.45) is 0 Å². The van der Waals surface area contributed by atoms with E-state index in [1.807, 2.05) is 0 Å². The van der Waals surface area contributed by atoms with E-state index < -0.39 is 6.16 Å². The van der Waals surface area contributed by atoms with Gasteiger partial charge in [-0.1, -0.05) is 0 Å². The van der Waals surface area contributed by atoms with Crippen LogP contribution in [0.1, 0.15) is 0 Å². The van der Waals surface area contributed by atoms with Gasteiger partial charge < -0.3 is 15.7 Å². The Morgan fingerprint density at radius 1 is 1.33 bits per heavy atom. The van der Waals surface area contributed by atoms with Crippen LogP contribution in [0.3, 0.4) is 0 Å². The van der Waals surface area contributed by atoms with Crippen LogP contribution in [0.2, 0.25) is 0 Å². The number of rotatable bonds is 0. The Labute approximate surface area is 52.9 Å². The van der Waals surface area contributed by atoms with E-state index in [0.717, 1.165) is 0 Å². The molecule has 4 N–H and O–H groups in total. The van der Waals surface area contributed by atoms with Gasteiger partial charge in [-0.2, -0.15) is 0 Å². The smallest absolute Gasteiger partial charge is 0.450 e. The summed E-state index contributed by atoms with van der Waals surface area (Å²) < 4.78 is 0. The quantitative estimate of drug-likeness (QED) is 0.452. The van der Waals surface area contributed by atoms with Crippen molar-refractivity contribution in [3.8, 4) is 0 Å². The predicted molar refractivity (Wildman–Crippen MR) is 14.3 cm³/mol. The average Bonchev–Trinajstić information content (AvgIpc) is 0.811. The first-order valence-electron chi connectivity index (χ1n) is 0.651. The molecule has 0 heterocycles. The largest absolute Gasteiger partial charge is 0.503 e. The Balaban J connectivity index is -0.0000000450. The average molecular weight is 125 g/mol. The fourth-order valence-corrected chi connectivity index (χ4v) is 0. The number of carboxylic acid groups (broad SMARTS) is 2. The van der Waals surface area contributed by atoms with Gasteiger partial charge in [0.2, 0.25) is 0 Å². The maximum absolute atomic E-state index is 8.56. The molecular formula is CH4O4Sc. The minimum Gasteiger partial charge on any atom is -0.450 e. The minimum atomic E-state index is -1.83. The summed E-state index contributed by atoms with van der Waals surface area (Å²) in [4.78, 5) is 8.56. The first-order valence-corrected chi connectivity index (χ1v) is 0.651. The number of carbonyl (C=O) groups is 1. The van der Waals surface area contributed by atoms with Gasteiger partial charge in [-0.05, 0) is 0 Å². The molecule has 0 atom stereocenters. The van der Waals surface area contributed by atoms with E-state index in [4.69, 9.17) is 15.0 Å². The molecule has 0 aromatic rings. The molecule has 5 heteroatoms. The van der Waals surface area contributed by atoms with E-state index in [2.05, 4.69) is 0 Å². The maximum atomic E-state index is 8.56. The Morgan fingerprint density at radius 2 is 1.33 bits per heavy atom. The summed E-state index contributed by atoms with van der Waals surface area (Å²) in [5.41, 5.74) is 0. The van der Waals surface area contributed by atoms with Crippen LogP contribution in [0.5, 0.6) is 0 Å². The van der Waals surface area contributed by atoms with Crippen molar-refractivity contribution in [2.45, 2.75) is 0 Å². The van der Waals surface area contributed by atoms with E-state index in [1.54, 1.807) is 0 Å². The molecule has 0 aliphatic rings. The Hall–Kier alpha value is 0.100. The van der Waals surface area contributed by atoms with Crippen molar-refractivity contribution in [1.29, 1.82) is 0 Å². The van der Waals surface area contributed by atoms with E-state index in [-0.39, 0.29) is 31.3 Å². The third kappa shape index (κ3) is 3930. The molecule has 1 radical (unpaired) electrons. The normalized spacial score (nSPS) is 4.00. The fraction of sp³-hybridized carbons (Fsp3) is 0. The molecule has 0 aromatic carbocycles. The summed E-state index contributed by atoms with van der Waals surface area (Å²) in [6, 6.07) is 0. The van der Waals surface area contributed by atoms with Gasteiger partial charge in [0.1, 0.15) is 0 Å². The Morgan fingerprint density at radius 3 is 1.33 bits per heavy atom. The molecule has 35 valence electrons. The van der Waals surface area contributed by atoms with Crippen molar-refractivity contribution in [2.75, 3.05) is 0 Å². The third-order valence-corrected chi connectivity index (χ3v) is 0. The van der Waals surface area contributed by atoms with Crippen LogP contribution >= 0.6 is 0 Å². The van der Waals surface area contributed by atoms with Crippen LogP contribution in [0.15, 0.2) is 0 Å². The molecule has 0 aliphatic heterocycles. The van der Waals surface area contributed by atoms with Crippen LogP contribution in [-0.2, 0) is 25.8 Å². The van der Waals surface area contributed by atoms with E-state index in [9.17, 15) is 0 Å². The SMILES string of the molecule is O.O=C(O)O.[Sc]. The Kier molecular flexibility index (Phi) is 24.5. The van der Waals surface area contributed by atoms with Crippen LogP contribution in [0, 0.1) is 0 Å². The zero-order chi connectivity index (χ0) is 3.58. The second-order valence-electron chi connectivity index (χ2n) is 0.283. The molecule has 0 fully saturated rings. The third-order valence-electron chi connectivity index (χ3n) is 0. The summed E-state index contributed by atoms with van der Waals surface area (Å²) in [6.45, 7) is 0. The van der Waals surface area contributed by atoms with Crippen molar-refractivity contribution < 1.29 is 46.3 Å². The van der Waals surface area contributed by atoms with Gasteiger partial charge >= 0.3 is 6.16 Å². The van der Waals surface area contributed by atoms with Gasteiger partial charge in [0.25, 0.3) is 0 Å². The predicted octanol–water partition coefficient (Wildman–Crippen LogP) is -0.605. The van der Waals surface area contributed by atoms with Gasteiger partial charge in [0.05, 0.1) is 0 Å². The summed E-state index contributed by atoms with van der Waals surface area (Å²) in [7, 11) is 0. The summed E-state index contributed by atoms with van der Waals surface area (Å²) in [5.74, 6) is 0. The van der Waals surface area contributed by atoms with Gasteiger partial charge in [-0.15, -0.1) is 0 Å². The fourth-order valence-electron chi connectivity index (χ4n) is 0. The molecule has 0 unspecified atom stereocenters. The topological polar surface area (TPSA) is 89.0 Å². The van der Waals surface area contributed by atoms with Gasteiger partial charge in [0.15, 0.2) is 0 Å². The monoisotopic (exact) mass is 125 g/mol. The van der Waals surface area contributed by atoms with Crippen molar-refractivity contribution in [1.82, 2.24) is 0 Å². The molecule has 0 saturated carbocycles. The molecule has 0 spiro atoms. The van der Waals surface area contributed by atoms with Crippen LogP contribution in [0.25, 0.3) is 0 Å².